The molecule has 24 heavy (non-hydrogen) atoms. The topological polar surface area (TPSA) is 65.5 Å². The molecule has 1 heterocycles. The first kappa shape index (κ1) is 18.6. The molecule has 3 N–H and O–H groups in total. The van der Waals surface area contributed by atoms with Gasteiger partial charge >= 0.3 is 0 Å². The van der Waals surface area contributed by atoms with E-state index in [0.29, 0.717) is 23.9 Å². The highest BCUT2D eigenvalue weighted by molar-refractivity contribution is 8.00. The molecule has 1 atom stereocenters. The molecule has 0 saturated carbocycles. The molecule has 1 saturated heterocycles. The van der Waals surface area contributed by atoms with Gasteiger partial charge in [0.05, 0.1) is 0 Å². The Morgan fingerprint density at radius 2 is 2.21 bits per heavy atom. The van der Waals surface area contributed by atoms with Crippen molar-refractivity contribution < 1.29 is 4.79 Å². The summed E-state index contributed by atoms with van der Waals surface area (Å²) in [5.41, 5.74) is 1.77. The number of nitrogens with zero attached hydrogens (tertiary/aromatic N) is 1. The van der Waals surface area contributed by atoms with Crippen LogP contribution in [-0.2, 0) is 6.54 Å². The molecule has 1 aromatic rings. The number of guanidine groups is 1. The zero-order chi connectivity index (χ0) is 17.2. The lowest BCUT2D eigenvalue weighted by Gasteiger charge is -2.15. The van der Waals surface area contributed by atoms with Gasteiger partial charge in [-0.2, -0.15) is 11.8 Å². The molecule has 1 amide bonds. The summed E-state index contributed by atoms with van der Waals surface area (Å²) in [4.78, 5) is 16.3. The molecule has 2 rings (SSSR count). The first-order chi connectivity index (χ1) is 11.7. The number of carbonyl (C=O) groups is 1. The van der Waals surface area contributed by atoms with Crippen molar-refractivity contribution in [3.8, 4) is 0 Å². The van der Waals surface area contributed by atoms with E-state index in [2.05, 4.69) is 20.9 Å². The lowest BCUT2D eigenvalue weighted by atomic mass is 10.1. The average molecular weight is 349 g/mol. The number of benzene rings is 1. The molecule has 0 bridgehead atoms. The third-order valence-corrected chi connectivity index (χ3v) is 5.33. The number of thioether (sulfide) groups is 1. The third kappa shape index (κ3) is 6.07. The molecule has 1 unspecified atom stereocenters. The van der Waals surface area contributed by atoms with Crippen molar-refractivity contribution in [2.24, 2.45) is 4.99 Å². The Bertz CT molecular complexity index is 556. The van der Waals surface area contributed by atoms with Crippen molar-refractivity contribution in [1.82, 2.24) is 16.0 Å². The van der Waals surface area contributed by atoms with Crippen LogP contribution in [0.15, 0.2) is 29.3 Å². The molecule has 1 aliphatic rings. The highest BCUT2D eigenvalue weighted by Crippen LogP contribution is 2.25. The van der Waals surface area contributed by atoms with Gasteiger partial charge in [0.2, 0.25) is 0 Å². The fourth-order valence-corrected chi connectivity index (χ4v) is 3.79. The predicted molar refractivity (Wildman–Crippen MR) is 103 cm³/mol. The van der Waals surface area contributed by atoms with Gasteiger partial charge in [0.15, 0.2) is 5.96 Å². The van der Waals surface area contributed by atoms with Crippen LogP contribution in [0.25, 0.3) is 0 Å². The van der Waals surface area contributed by atoms with Crippen molar-refractivity contribution in [3.63, 3.8) is 0 Å². The minimum Gasteiger partial charge on any atom is -0.355 e. The molecule has 1 aliphatic heterocycles. The second-order valence-electron chi connectivity index (χ2n) is 5.90. The number of hydrogen-bond donors (Lipinski definition) is 3. The van der Waals surface area contributed by atoms with Gasteiger partial charge < -0.3 is 16.0 Å². The Labute approximate surface area is 149 Å². The van der Waals surface area contributed by atoms with Crippen molar-refractivity contribution in [2.45, 2.75) is 38.0 Å². The second-order valence-corrected chi connectivity index (χ2v) is 7.31. The van der Waals surface area contributed by atoms with E-state index in [1.54, 1.807) is 7.05 Å². The van der Waals surface area contributed by atoms with Gasteiger partial charge in [0, 0.05) is 37.5 Å². The Hall–Kier alpha value is -1.69. The number of hydrogen-bond acceptors (Lipinski definition) is 3. The van der Waals surface area contributed by atoms with E-state index < -0.39 is 0 Å². The summed E-state index contributed by atoms with van der Waals surface area (Å²) in [6, 6.07) is 7.71. The van der Waals surface area contributed by atoms with Gasteiger partial charge in [-0.05, 0) is 42.7 Å². The van der Waals surface area contributed by atoms with Crippen LogP contribution in [0.3, 0.4) is 0 Å². The molecule has 6 heteroatoms. The van der Waals surface area contributed by atoms with Crippen molar-refractivity contribution >= 4 is 23.6 Å². The van der Waals surface area contributed by atoms with Crippen LogP contribution in [0.5, 0.6) is 0 Å². The van der Waals surface area contributed by atoms with Crippen LogP contribution in [0.4, 0.5) is 0 Å². The highest BCUT2D eigenvalue weighted by Gasteiger charge is 2.15. The van der Waals surface area contributed by atoms with E-state index in [1.165, 1.54) is 18.6 Å². The van der Waals surface area contributed by atoms with E-state index in [9.17, 15) is 4.79 Å². The van der Waals surface area contributed by atoms with Gasteiger partial charge in [-0.15, -0.1) is 0 Å². The molecule has 0 aliphatic carbocycles. The fraction of sp³-hybridized carbons (Fsp3) is 0.556. The summed E-state index contributed by atoms with van der Waals surface area (Å²) < 4.78 is 0. The van der Waals surface area contributed by atoms with Crippen LogP contribution in [-0.4, -0.2) is 43.0 Å². The monoisotopic (exact) mass is 348 g/mol. The zero-order valence-electron chi connectivity index (χ0n) is 14.6. The van der Waals surface area contributed by atoms with Gasteiger partial charge in [-0.1, -0.05) is 19.1 Å². The van der Waals surface area contributed by atoms with Crippen LogP contribution >= 0.6 is 11.8 Å². The smallest absolute Gasteiger partial charge is 0.251 e. The number of aliphatic imine (C=N–C) groups is 1. The molecule has 132 valence electrons. The van der Waals surface area contributed by atoms with Gasteiger partial charge in [-0.3, -0.25) is 9.79 Å². The van der Waals surface area contributed by atoms with Gasteiger partial charge in [0.25, 0.3) is 5.91 Å². The van der Waals surface area contributed by atoms with Crippen LogP contribution < -0.4 is 16.0 Å². The first-order valence-corrected chi connectivity index (χ1v) is 9.71. The molecular formula is C18H28N4OS. The molecule has 0 spiro atoms. The van der Waals surface area contributed by atoms with Crippen LogP contribution in [0, 0.1) is 0 Å². The third-order valence-electron chi connectivity index (χ3n) is 3.93. The Balaban J connectivity index is 1.82. The lowest BCUT2D eigenvalue weighted by Crippen LogP contribution is -2.39. The maximum absolute atomic E-state index is 12.0. The van der Waals surface area contributed by atoms with E-state index in [-0.39, 0.29) is 5.91 Å². The maximum Gasteiger partial charge on any atom is 0.251 e. The molecule has 0 aromatic heterocycles. The summed E-state index contributed by atoms with van der Waals surface area (Å²) in [6.45, 7) is 4.34. The van der Waals surface area contributed by atoms with E-state index >= 15 is 0 Å². The quantitative estimate of drug-likeness (QED) is 0.523. The van der Waals surface area contributed by atoms with E-state index in [0.717, 1.165) is 24.5 Å². The summed E-state index contributed by atoms with van der Waals surface area (Å²) in [5.74, 6) is 2.06. The molecule has 1 fully saturated rings. The predicted octanol–water partition coefficient (Wildman–Crippen LogP) is 2.39. The average Bonchev–Trinajstić information content (AvgIpc) is 3.13. The number of carbonyl (C=O) groups excluding carboxylic acids is 1. The fourth-order valence-electron chi connectivity index (χ4n) is 2.59. The normalized spacial score (nSPS) is 17.6. The Morgan fingerprint density at radius 3 is 2.92 bits per heavy atom. The van der Waals surface area contributed by atoms with Gasteiger partial charge in [-0.25, -0.2) is 0 Å². The molecular weight excluding hydrogens is 320 g/mol. The molecule has 0 radical (unpaired) electrons. The SMILES string of the molecule is CCCNC(=O)c1cccc(CNC(=NC)NCC2CCCS2)c1. The maximum atomic E-state index is 12.0. The number of nitrogens with one attached hydrogen (secondary N) is 3. The minimum atomic E-state index is -0.0144. The van der Waals surface area contributed by atoms with Gasteiger partial charge in [0.1, 0.15) is 0 Å². The highest BCUT2D eigenvalue weighted by atomic mass is 32.2. The van der Waals surface area contributed by atoms with E-state index in [4.69, 9.17) is 0 Å². The number of amides is 1. The summed E-state index contributed by atoms with van der Waals surface area (Å²) in [7, 11) is 1.78. The summed E-state index contributed by atoms with van der Waals surface area (Å²) in [5, 5.41) is 10.3. The summed E-state index contributed by atoms with van der Waals surface area (Å²) >= 11 is 2.03. The van der Waals surface area contributed by atoms with Crippen molar-refractivity contribution in [2.75, 3.05) is 25.9 Å². The summed E-state index contributed by atoms with van der Waals surface area (Å²) in [6.07, 6.45) is 3.54. The largest absolute Gasteiger partial charge is 0.355 e. The Morgan fingerprint density at radius 1 is 1.33 bits per heavy atom. The molecule has 5 nitrogen and oxygen atoms in total. The van der Waals surface area contributed by atoms with Crippen LogP contribution in [0.1, 0.15) is 42.1 Å². The van der Waals surface area contributed by atoms with Crippen molar-refractivity contribution in [3.05, 3.63) is 35.4 Å². The number of rotatable bonds is 7. The Kier molecular flexibility index (Phi) is 7.95. The van der Waals surface area contributed by atoms with E-state index in [1.807, 2.05) is 43.0 Å². The molecule has 1 aromatic carbocycles. The lowest BCUT2D eigenvalue weighted by molar-refractivity contribution is 0.0953. The van der Waals surface area contributed by atoms with Crippen LogP contribution in [0.2, 0.25) is 0 Å². The minimum absolute atomic E-state index is 0.0144. The van der Waals surface area contributed by atoms with Crippen molar-refractivity contribution in [1.29, 1.82) is 0 Å². The second kappa shape index (κ2) is 10.2. The first-order valence-electron chi connectivity index (χ1n) is 8.66. The standard InChI is InChI=1S/C18H28N4OS/c1-3-9-20-17(23)15-7-4-6-14(11-15)12-21-18(19-2)22-13-16-8-5-10-24-16/h4,6-7,11,16H,3,5,8-10,12-13H2,1-2H3,(H,20,23)(H2,19,21,22). The zero-order valence-corrected chi connectivity index (χ0v) is 15.4.